The predicted octanol–water partition coefficient (Wildman–Crippen LogP) is 3.78. The summed E-state index contributed by atoms with van der Waals surface area (Å²) in [6.45, 7) is 2.72. The van der Waals surface area contributed by atoms with Gasteiger partial charge in [0.25, 0.3) is 0 Å². The standard InChI is InChI=1S/C13H18ClNO3/c1-2-3-4-5-6-9-18-11-8-7-10(14)12(15-11)13(16)17/h7-8H,2-6,9H2,1H3,(H,16,17). The van der Waals surface area contributed by atoms with Crippen LogP contribution in [-0.2, 0) is 0 Å². The van der Waals surface area contributed by atoms with Crippen LogP contribution in [-0.4, -0.2) is 22.7 Å². The molecule has 0 aliphatic rings. The molecule has 0 aliphatic heterocycles. The second-order valence-electron chi connectivity index (χ2n) is 4.05. The first-order chi connectivity index (χ1) is 8.65. The van der Waals surface area contributed by atoms with Gasteiger partial charge in [0.2, 0.25) is 5.88 Å². The van der Waals surface area contributed by atoms with Crippen LogP contribution < -0.4 is 4.74 Å². The number of rotatable bonds is 8. The zero-order chi connectivity index (χ0) is 13.4. The number of aromatic nitrogens is 1. The van der Waals surface area contributed by atoms with E-state index in [2.05, 4.69) is 11.9 Å². The van der Waals surface area contributed by atoms with Gasteiger partial charge >= 0.3 is 5.97 Å². The summed E-state index contributed by atoms with van der Waals surface area (Å²) in [5.74, 6) is -0.833. The van der Waals surface area contributed by atoms with Crippen molar-refractivity contribution in [3.8, 4) is 5.88 Å². The Morgan fingerprint density at radius 1 is 1.33 bits per heavy atom. The van der Waals surface area contributed by atoms with Crippen LogP contribution in [0, 0.1) is 0 Å². The lowest BCUT2D eigenvalue weighted by Gasteiger charge is -2.06. The number of aromatic carboxylic acids is 1. The van der Waals surface area contributed by atoms with Gasteiger partial charge in [0.05, 0.1) is 11.6 Å². The Bertz CT molecular complexity index is 396. The molecule has 0 atom stereocenters. The second-order valence-corrected chi connectivity index (χ2v) is 4.45. The van der Waals surface area contributed by atoms with Gasteiger partial charge < -0.3 is 9.84 Å². The molecule has 18 heavy (non-hydrogen) atoms. The van der Waals surface area contributed by atoms with Gasteiger partial charge in [-0.25, -0.2) is 9.78 Å². The van der Waals surface area contributed by atoms with Crippen LogP contribution in [0.25, 0.3) is 0 Å². The van der Waals surface area contributed by atoms with Crippen molar-refractivity contribution in [2.45, 2.75) is 39.0 Å². The first kappa shape index (κ1) is 14.8. The Kier molecular flexibility index (Phi) is 6.50. The fraction of sp³-hybridized carbons (Fsp3) is 0.538. The molecule has 100 valence electrons. The molecule has 0 saturated heterocycles. The van der Waals surface area contributed by atoms with Gasteiger partial charge in [-0.3, -0.25) is 0 Å². The van der Waals surface area contributed by atoms with E-state index in [0.717, 1.165) is 12.8 Å². The van der Waals surface area contributed by atoms with E-state index in [-0.39, 0.29) is 10.7 Å². The summed E-state index contributed by atoms with van der Waals surface area (Å²) < 4.78 is 5.40. The second kappa shape index (κ2) is 7.93. The molecule has 0 fully saturated rings. The summed E-state index contributed by atoms with van der Waals surface area (Å²) in [7, 11) is 0. The molecule has 5 heteroatoms. The quantitative estimate of drug-likeness (QED) is 0.731. The highest BCUT2D eigenvalue weighted by Gasteiger charge is 2.11. The predicted molar refractivity (Wildman–Crippen MR) is 70.5 cm³/mol. The van der Waals surface area contributed by atoms with Gasteiger partial charge in [0, 0.05) is 6.07 Å². The number of unbranched alkanes of at least 4 members (excludes halogenated alkanes) is 4. The lowest BCUT2D eigenvalue weighted by atomic mass is 10.2. The molecule has 1 N–H and O–H groups in total. The van der Waals surface area contributed by atoms with Gasteiger partial charge in [-0.1, -0.05) is 44.2 Å². The van der Waals surface area contributed by atoms with Crippen molar-refractivity contribution >= 4 is 17.6 Å². The van der Waals surface area contributed by atoms with E-state index in [0.29, 0.717) is 12.5 Å². The number of carbonyl (C=O) groups is 1. The fourth-order valence-corrected chi connectivity index (χ4v) is 1.72. The number of hydrogen-bond acceptors (Lipinski definition) is 3. The van der Waals surface area contributed by atoms with E-state index in [1.165, 1.54) is 25.3 Å². The average Bonchev–Trinajstić information content (AvgIpc) is 2.35. The van der Waals surface area contributed by atoms with Crippen LogP contribution in [0.5, 0.6) is 5.88 Å². The largest absolute Gasteiger partial charge is 0.478 e. The first-order valence-corrected chi connectivity index (χ1v) is 6.55. The fourth-order valence-electron chi connectivity index (χ4n) is 1.54. The van der Waals surface area contributed by atoms with Crippen molar-refractivity contribution in [2.75, 3.05) is 6.61 Å². The molecular formula is C13H18ClNO3. The van der Waals surface area contributed by atoms with E-state index < -0.39 is 5.97 Å². The molecule has 1 heterocycles. The highest BCUT2D eigenvalue weighted by molar-refractivity contribution is 6.33. The smallest absolute Gasteiger partial charge is 0.356 e. The molecular weight excluding hydrogens is 254 g/mol. The van der Waals surface area contributed by atoms with E-state index in [1.54, 1.807) is 6.07 Å². The SMILES string of the molecule is CCCCCCCOc1ccc(Cl)c(C(=O)O)n1. The summed E-state index contributed by atoms with van der Waals surface area (Å²) in [4.78, 5) is 14.7. The molecule has 0 amide bonds. The third-order valence-corrected chi connectivity index (χ3v) is 2.83. The monoisotopic (exact) mass is 271 g/mol. The van der Waals surface area contributed by atoms with Gasteiger partial charge in [-0.15, -0.1) is 0 Å². The van der Waals surface area contributed by atoms with E-state index >= 15 is 0 Å². The number of ether oxygens (including phenoxy) is 1. The minimum absolute atomic E-state index is 0.123. The van der Waals surface area contributed by atoms with Crippen molar-refractivity contribution in [3.63, 3.8) is 0 Å². The Labute approximate surface area is 112 Å². The Hall–Kier alpha value is -1.29. The third-order valence-electron chi connectivity index (χ3n) is 2.52. The Morgan fingerprint density at radius 2 is 2.06 bits per heavy atom. The normalized spacial score (nSPS) is 10.3. The summed E-state index contributed by atoms with van der Waals surface area (Å²) in [6, 6.07) is 3.07. The molecule has 1 aromatic heterocycles. The topological polar surface area (TPSA) is 59.4 Å². The summed E-state index contributed by atoms with van der Waals surface area (Å²) in [5, 5.41) is 8.98. The number of carboxylic acid groups (broad SMARTS) is 1. The number of pyridine rings is 1. The zero-order valence-electron chi connectivity index (χ0n) is 10.5. The highest BCUT2D eigenvalue weighted by atomic mass is 35.5. The van der Waals surface area contributed by atoms with Crippen LogP contribution in [0.15, 0.2) is 12.1 Å². The maximum Gasteiger partial charge on any atom is 0.356 e. The van der Waals surface area contributed by atoms with Crippen LogP contribution >= 0.6 is 11.6 Å². The Balaban J connectivity index is 2.38. The van der Waals surface area contributed by atoms with Gasteiger partial charge in [-0.2, -0.15) is 0 Å². The molecule has 0 aliphatic carbocycles. The maximum atomic E-state index is 10.8. The summed E-state index contributed by atoms with van der Waals surface area (Å²) in [5.41, 5.74) is -0.167. The van der Waals surface area contributed by atoms with Gasteiger partial charge in [0.15, 0.2) is 5.69 Å². The van der Waals surface area contributed by atoms with Crippen molar-refractivity contribution in [1.29, 1.82) is 0 Å². The summed E-state index contributed by atoms with van der Waals surface area (Å²) >= 11 is 5.71. The van der Waals surface area contributed by atoms with E-state index in [4.69, 9.17) is 21.4 Å². The molecule has 0 spiro atoms. The Morgan fingerprint density at radius 3 is 2.72 bits per heavy atom. The number of halogens is 1. The number of carboxylic acids is 1. The van der Waals surface area contributed by atoms with Crippen molar-refractivity contribution in [3.05, 3.63) is 22.8 Å². The maximum absolute atomic E-state index is 10.8. The van der Waals surface area contributed by atoms with Crippen LogP contribution in [0.1, 0.15) is 49.5 Å². The molecule has 0 unspecified atom stereocenters. The molecule has 4 nitrogen and oxygen atoms in total. The molecule has 0 bridgehead atoms. The molecule has 0 aromatic carbocycles. The van der Waals surface area contributed by atoms with Crippen molar-refractivity contribution in [1.82, 2.24) is 4.98 Å². The number of nitrogens with zero attached hydrogens (tertiary/aromatic N) is 1. The minimum Gasteiger partial charge on any atom is -0.478 e. The molecule has 0 radical (unpaired) electrons. The van der Waals surface area contributed by atoms with Crippen molar-refractivity contribution < 1.29 is 14.6 Å². The van der Waals surface area contributed by atoms with E-state index in [9.17, 15) is 4.79 Å². The highest BCUT2D eigenvalue weighted by Crippen LogP contribution is 2.18. The first-order valence-electron chi connectivity index (χ1n) is 6.17. The van der Waals surface area contributed by atoms with Crippen LogP contribution in [0.4, 0.5) is 0 Å². The van der Waals surface area contributed by atoms with Crippen molar-refractivity contribution in [2.24, 2.45) is 0 Å². The zero-order valence-corrected chi connectivity index (χ0v) is 11.2. The third kappa shape index (κ3) is 4.92. The molecule has 1 rings (SSSR count). The van der Waals surface area contributed by atoms with E-state index in [1.807, 2.05) is 0 Å². The molecule has 0 saturated carbocycles. The summed E-state index contributed by atoms with van der Waals surface area (Å²) in [6.07, 6.45) is 5.72. The van der Waals surface area contributed by atoms with Crippen LogP contribution in [0.3, 0.4) is 0 Å². The lowest BCUT2D eigenvalue weighted by molar-refractivity contribution is 0.0689. The van der Waals surface area contributed by atoms with Gasteiger partial charge in [-0.05, 0) is 12.5 Å². The number of hydrogen-bond donors (Lipinski definition) is 1. The van der Waals surface area contributed by atoms with Crippen LogP contribution in [0.2, 0.25) is 5.02 Å². The van der Waals surface area contributed by atoms with Gasteiger partial charge in [0.1, 0.15) is 0 Å². The lowest BCUT2D eigenvalue weighted by Crippen LogP contribution is -2.05. The molecule has 1 aromatic rings. The minimum atomic E-state index is -1.15. The average molecular weight is 272 g/mol.